The van der Waals surface area contributed by atoms with Crippen molar-refractivity contribution in [2.24, 2.45) is 0 Å². The summed E-state index contributed by atoms with van der Waals surface area (Å²) in [6.07, 6.45) is -0.394. The average Bonchev–Trinajstić information content (AvgIpc) is 2.69. The molecule has 0 aromatic heterocycles. The summed E-state index contributed by atoms with van der Waals surface area (Å²) < 4.78 is 73.6. The fraction of sp³-hybridized carbons (Fsp3) is 0.0500. The second kappa shape index (κ2) is 12.1. The van der Waals surface area contributed by atoms with Crippen LogP contribution in [-0.2, 0) is 31.5 Å². The van der Waals surface area contributed by atoms with Crippen molar-refractivity contribution in [3.8, 4) is 11.5 Å². The van der Waals surface area contributed by atoms with Gasteiger partial charge in [-0.05, 0) is 149 Å². The molecule has 0 saturated carbocycles. The molecule has 3 aromatic rings. The van der Waals surface area contributed by atoms with Gasteiger partial charge in [-0.1, -0.05) is 18.2 Å². The molecule has 0 amide bonds. The van der Waals surface area contributed by atoms with Gasteiger partial charge in [-0.2, -0.15) is 8.42 Å². The van der Waals surface area contributed by atoms with Crippen LogP contribution in [0, 0.1) is 17.9 Å². The van der Waals surface area contributed by atoms with Crippen LogP contribution in [0.3, 0.4) is 0 Å². The lowest BCUT2D eigenvalue weighted by atomic mass is 10.1. The fourth-order valence-electron chi connectivity index (χ4n) is 2.81. The molecule has 0 aliphatic carbocycles. The number of hydrogen-bond acceptors (Lipinski definition) is 8. The third kappa shape index (κ3) is 7.74. The Bertz CT molecular complexity index is 1490. The molecule has 0 spiro atoms. The van der Waals surface area contributed by atoms with Gasteiger partial charge in [0.25, 0.3) is 0 Å². The SMILES string of the molecule is O=C(Cc1ccccc1S(=O)(=O)Oc1c(I)cc(I)cc1I)Oc1cc(I)c(S(=O)(=O)[O-])c(I)c1. The molecule has 0 bridgehead atoms. The van der Waals surface area contributed by atoms with Crippen molar-refractivity contribution in [2.75, 3.05) is 0 Å². The summed E-state index contributed by atoms with van der Waals surface area (Å²) in [6.45, 7) is 0. The number of esters is 1. The molecular weight excluding hydrogens is 1070 g/mol. The summed E-state index contributed by atoms with van der Waals surface area (Å²) in [6, 6.07) is 12.0. The highest BCUT2D eigenvalue weighted by molar-refractivity contribution is 14.1. The molecule has 8 nitrogen and oxygen atoms in total. The molecule has 15 heteroatoms. The zero-order chi connectivity index (χ0) is 26.1. The Labute approximate surface area is 269 Å². The molecule has 0 N–H and O–H groups in total. The Kier molecular flexibility index (Phi) is 10.4. The van der Waals surface area contributed by atoms with Crippen LogP contribution in [0.15, 0.2) is 58.3 Å². The maximum Gasteiger partial charge on any atom is 0.339 e. The van der Waals surface area contributed by atoms with Crippen LogP contribution in [0.5, 0.6) is 11.5 Å². The molecule has 0 aliphatic heterocycles. The molecule has 0 fully saturated rings. The number of carbonyl (C=O) groups excluding carboxylic acids is 1. The molecule has 3 rings (SSSR count). The molecule has 0 aliphatic rings. The van der Waals surface area contributed by atoms with E-state index in [2.05, 4.69) is 22.6 Å². The molecule has 0 unspecified atom stereocenters. The highest BCUT2D eigenvalue weighted by Gasteiger charge is 2.25. The zero-order valence-corrected chi connectivity index (χ0v) is 29.2. The summed E-state index contributed by atoms with van der Waals surface area (Å²) in [5.74, 6) is -0.562. The van der Waals surface area contributed by atoms with Gasteiger partial charge in [0.2, 0.25) is 0 Å². The minimum Gasteiger partial charge on any atom is -0.744 e. The Hall–Kier alpha value is 0.440. The summed E-state index contributed by atoms with van der Waals surface area (Å²) in [5.41, 5.74) is 0.163. The van der Waals surface area contributed by atoms with Crippen LogP contribution < -0.4 is 8.92 Å². The normalized spacial score (nSPS) is 11.8. The van der Waals surface area contributed by atoms with Crippen LogP contribution in [0.4, 0.5) is 0 Å². The first kappa shape index (κ1) is 30.0. The molecule has 35 heavy (non-hydrogen) atoms. The van der Waals surface area contributed by atoms with E-state index in [1.54, 1.807) is 63.4 Å². The first-order valence-corrected chi connectivity index (χ1v) is 17.2. The van der Waals surface area contributed by atoms with E-state index in [4.69, 9.17) is 8.92 Å². The van der Waals surface area contributed by atoms with E-state index in [0.29, 0.717) is 7.14 Å². The third-order valence-corrected chi connectivity index (χ3v) is 11.1. The minimum absolute atomic E-state index is 0.0239. The summed E-state index contributed by atoms with van der Waals surface area (Å²) in [5, 5.41) is 0. The number of rotatable bonds is 7. The number of hydrogen-bond donors (Lipinski definition) is 0. The van der Waals surface area contributed by atoms with E-state index in [0.717, 1.165) is 3.57 Å². The largest absolute Gasteiger partial charge is 0.744 e. The van der Waals surface area contributed by atoms with Crippen LogP contribution >= 0.6 is 113 Å². The van der Waals surface area contributed by atoms with Crippen molar-refractivity contribution >= 4 is 139 Å². The molecule has 0 radical (unpaired) electrons. The van der Waals surface area contributed by atoms with Gasteiger partial charge < -0.3 is 13.5 Å². The number of benzene rings is 3. The average molecular weight is 1080 g/mol. The van der Waals surface area contributed by atoms with Gasteiger partial charge in [0.05, 0.1) is 18.5 Å². The van der Waals surface area contributed by atoms with Gasteiger partial charge in [0.1, 0.15) is 20.8 Å². The Balaban J connectivity index is 1.87. The second-order valence-corrected chi connectivity index (χ2v) is 15.4. The highest BCUT2D eigenvalue weighted by atomic mass is 127. The van der Waals surface area contributed by atoms with Crippen molar-refractivity contribution in [3.05, 3.63) is 71.9 Å². The third-order valence-electron chi connectivity index (χ3n) is 4.19. The Morgan fingerprint density at radius 2 is 1.37 bits per heavy atom. The van der Waals surface area contributed by atoms with Crippen LogP contribution in [0.1, 0.15) is 5.56 Å². The predicted molar refractivity (Wildman–Crippen MR) is 168 cm³/mol. The van der Waals surface area contributed by atoms with Crippen LogP contribution in [0.25, 0.3) is 0 Å². The topological polar surface area (TPSA) is 127 Å². The lowest BCUT2D eigenvalue weighted by Gasteiger charge is -2.15. The summed E-state index contributed by atoms with van der Waals surface area (Å²) >= 11 is 9.44. The standard InChI is InChI=1S/C20H11I5O8S2/c21-11-6-13(22)19(14(23)7-11)33-35(30,31)17-4-2-1-3-10(17)5-18(26)32-12-8-15(24)20(16(25)9-12)34(27,28)29/h1-4,6-9H,5H2,(H,27,28,29)/p-1. The molecule has 0 atom stereocenters. The summed E-state index contributed by atoms with van der Waals surface area (Å²) in [4.78, 5) is 12.0. The van der Waals surface area contributed by atoms with E-state index in [1.165, 1.54) is 30.3 Å². The fourth-order valence-corrected chi connectivity index (χ4v) is 12.0. The first-order chi connectivity index (χ1) is 16.2. The van der Waals surface area contributed by atoms with Crippen molar-refractivity contribution in [3.63, 3.8) is 0 Å². The minimum atomic E-state index is -4.70. The number of ether oxygens (including phenoxy) is 1. The van der Waals surface area contributed by atoms with Crippen molar-refractivity contribution in [1.82, 2.24) is 0 Å². The quantitative estimate of drug-likeness (QED) is 0.0996. The molecule has 3 aromatic carbocycles. The van der Waals surface area contributed by atoms with E-state index >= 15 is 0 Å². The second-order valence-electron chi connectivity index (χ2n) is 6.66. The van der Waals surface area contributed by atoms with Crippen LogP contribution in [0.2, 0.25) is 0 Å². The smallest absolute Gasteiger partial charge is 0.339 e. The van der Waals surface area contributed by atoms with Crippen molar-refractivity contribution < 1.29 is 35.1 Å². The van der Waals surface area contributed by atoms with Gasteiger partial charge >= 0.3 is 16.1 Å². The van der Waals surface area contributed by atoms with Crippen molar-refractivity contribution in [2.45, 2.75) is 16.2 Å². The summed E-state index contributed by atoms with van der Waals surface area (Å²) in [7, 11) is -8.98. The first-order valence-electron chi connectivity index (χ1n) is 9.01. The monoisotopic (exact) mass is 1080 g/mol. The van der Waals surface area contributed by atoms with E-state index in [9.17, 15) is 26.2 Å². The van der Waals surface area contributed by atoms with E-state index < -0.39 is 37.5 Å². The van der Waals surface area contributed by atoms with Crippen molar-refractivity contribution in [1.29, 1.82) is 0 Å². The maximum absolute atomic E-state index is 13.1. The van der Waals surface area contributed by atoms with E-state index in [1.807, 2.05) is 45.2 Å². The lowest BCUT2D eigenvalue weighted by Crippen LogP contribution is -2.17. The zero-order valence-electron chi connectivity index (χ0n) is 16.8. The molecule has 0 saturated heterocycles. The van der Waals surface area contributed by atoms with Gasteiger partial charge in [-0.25, -0.2) is 8.42 Å². The molecule has 0 heterocycles. The van der Waals surface area contributed by atoms with Gasteiger partial charge in [-0.3, -0.25) is 4.79 Å². The predicted octanol–water partition coefficient (Wildman–Crippen LogP) is 5.53. The number of carbonyl (C=O) groups is 1. The maximum atomic E-state index is 13.1. The lowest BCUT2D eigenvalue weighted by molar-refractivity contribution is -0.133. The van der Waals surface area contributed by atoms with Gasteiger partial charge in [0, 0.05) is 10.7 Å². The van der Waals surface area contributed by atoms with Gasteiger partial charge in [0.15, 0.2) is 5.75 Å². The Morgan fingerprint density at radius 1 is 0.829 bits per heavy atom. The van der Waals surface area contributed by atoms with Gasteiger partial charge in [-0.15, -0.1) is 0 Å². The molecular formula is C20H10I5O8S2-. The highest BCUT2D eigenvalue weighted by Crippen LogP contribution is 2.33. The Morgan fingerprint density at radius 3 is 1.91 bits per heavy atom. The number of halogens is 5. The van der Waals surface area contributed by atoms with E-state index in [-0.39, 0.29) is 29.1 Å². The van der Waals surface area contributed by atoms with Crippen LogP contribution in [-0.4, -0.2) is 27.4 Å². The molecule has 186 valence electrons.